The fourth-order valence-corrected chi connectivity index (χ4v) is 3.84. The van der Waals surface area contributed by atoms with Crippen molar-refractivity contribution in [2.24, 2.45) is 0 Å². The second kappa shape index (κ2) is 8.98. The summed E-state index contributed by atoms with van der Waals surface area (Å²) in [6.07, 6.45) is 0. The van der Waals surface area contributed by atoms with E-state index < -0.39 is 10.0 Å². The number of ether oxygens (including phenoxy) is 1. The number of methoxy groups -OCH3 is 1. The molecule has 0 aliphatic carbocycles. The summed E-state index contributed by atoms with van der Waals surface area (Å²) < 4.78 is 32.6. The van der Waals surface area contributed by atoms with E-state index in [1.165, 1.54) is 31.4 Å². The van der Waals surface area contributed by atoms with Crippen LogP contribution in [0.4, 0.5) is 5.69 Å². The van der Waals surface area contributed by atoms with Crippen LogP contribution in [0.3, 0.4) is 0 Å². The normalized spacial score (nSPS) is 11.0. The van der Waals surface area contributed by atoms with Gasteiger partial charge in [0.1, 0.15) is 5.75 Å². The van der Waals surface area contributed by atoms with Crippen LogP contribution in [0.5, 0.6) is 5.75 Å². The molecular formula is C21H19ClN2O4S. The van der Waals surface area contributed by atoms with Crippen LogP contribution in [0.15, 0.2) is 77.7 Å². The van der Waals surface area contributed by atoms with Gasteiger partial charge in [0.05, 0.1) is 12.0 Å². The molecule has 0 saturated carbocycles. The number of anilines is 1. The van der Waals surface area contributed by atoms with Crippen LogP contribution in [0.2, 0.25) is 5.02 Å². The zero-order valence-corrected chi connectivity index (χ0v) is 17.1. The number of halogens is 1. The molecule has 0 bridgehead atoms. The smallest absolute Gasteiger partial charge is 0.261 e. The number of hydrogen-bond donors (Lipinski definition) is 2. The van der Waals surface area contributed by atoms with Crippen LogP contribution in [0.25, 0.3) is 0 Å². The quantitative estimate of drug-likeness (QED) is 0.591. The first-order chi connectivity index (χ1) is 13.9. The maximum Gasteiger partial charge on any atom is 0.261 e. The first kappa shape index (κ1) is 20.7. The Bertz CT molecular complexity index is 1100. The van der Waals surface area contributed by atoms with Gasteiger partial charge in [0.2, 0.25) is 0 Å². The second-order valence-corrected chi connectivity index (χ2v) is 8.22. The fraction of sp³-hybridized carbons (Fsp3) is 0.0952. The van der Waals surface area contributed by atoms with Gasteiger partial charge >= 0.3 is 0 Å². The molecular weight excluding hydrogens is 412 g/mol. The monoisotopic (exact) mass is 430 g/mol. The average molecular weight is 431 g/mol. The van der Waals surface area contributed by atoms with Gasteiger partial charge in [0.25, 0.3) is 15.9 Å². The van der Waals surface area contributed by atoms with Gasteiger partial charge in [-0.3, -0.25) is 9.52 Å². The van der Waals surface area contributed by atoms with Crippen LogP contribution in [-0.2, 0) is 16.6 Å². The van der Waals surface area contributed by atoms with Crippen LogP contribution in [0, 0.1) is 0 Å². The molecule has 0 aliphatic rings. The molecule has 0 aromatic heterocycles. The van der Waals surface area contributed by atoms with E-state index in [9.17, 15) is 13.2 Å². The maximum atomic E-state index is 12.5. The number of benzene rings is 3. The predicted molar refractivity (Wildman–Crippen MR) is 113 cm³/mol. The minimum absolute atomic E-state index is 0.0518. The van der Waals surface area contributed by atoms with E-state index in [4.69, 9.17) is 16.3 Å². The Hall–Kier alpha value is -3.03. The number of rotatable bonds is 7. The van der Waals surface area contributed by atoms with Gasteiger partial charge in [-0.05, 0) is 60.2 Å². The Morgan fingerprint density at radius 1 is 0.966 bits per heavy atom. The first-order valence-electron chi connectivity index (χ1n) is 8.67. The zero-order chi connectivity index (χ0) is 20.9. The number of amides is 1. The van der Waals surface area contributed by atoms with Crippen LogP contribution >= 0.6 is 11.6 Å². The van der Waals surface area contributed by atoms with E-state index in [2.05, 4.69) is 10.0 Å². The number of carbonyl (C=O) groups is 1. The number of sulfonamides is 1. The molecule has 3 aromatic rings. The summed E-state index contributed by atoms with van der Waals surface area (Å²) >= 11 is 6.08. The predicted octanol–water partition coefficient (Wildman–Crippen LogP) is 4.08. The highest BCUT2D eigenvalue weighted by Crippen LogP contribution is 2.20. The minimum atomic E-state index is -3.78. The minimum Gasteiger partial charge on any atom is -0.497 e. The third-order valence-corrected chi connectivity index (χ3v) is 5.93. The Morgan fingerprint density at radius 2 is 1.62 bits per heavy atom. The molecule has 0 heterocycles. The van der Waals surface area contributed by atoms with E-state index in [-0.39, 0.29) is 17.3 Å². The van der Waals surface area contributed by atoms with Crippen molar-refractivity contribution in [2.45, 2.75) is 11.4 Å². The van der Waals surface area contributed by atoms with Crippen molar-refractivity contribution >= 4 is 33.2 Å². The zero-order valence-electron chi connectivity index (χ0n) is 15.6. The number of nitrogens with one attached hydrogen (secondary N) is 2. The lowest BCUT2D eigenvalue weighted by molar-refractivity contribution is 0.0951. The lowest BCUT2D eigenvalue weighted by Crippen LogP contribution is -2.23. The molecule has 8 heteroatoms. The summed E-state index contributed by atoms with van der Waals surface area (Å²) in [5.41, 5.74) is 1.55. The third-order valence-electron chi connectivity index (χ3n) is 4.17. The molecule has 0 atom stereocenters. The molecule has 29 heavy (non-hydrogen) atoms. The lowest BCUT2D eigenvalue weighted by Gasteiger charge is -2.10. The van der Waals surface area contributed by atoms with Gasteiger partial charge in [-0.1, -0.05) is 29.8 Å². The van der Waals surface area contributed by atoms with Crippen molar-refractivity contribution in [1.82, 2.24) is 5.32 Å². The highest BCUT2D eigenvalue weighted by molar-refractivity contribution is 7.92. The van der Waals surface area contributed by atoms with E-state index >= 15 is 0 Å². The van der Waals surface area contributed by atoms with Gasteiger partial charge in [0.15, 0.2) is 0 Å². The molecule has 3 aromatic carbocycles. The van der Waals surface area contributed by atoms with Gasteiger partial charge in [-0.2, -0.15) is 0 Å². The van der Waals surface area contributed by atoms with E-state index in [1.54, 1.807) is 30.3 Å². The Balaban J connectivity index is 1.66. The van der Waals surface area contributed by atoms with E-state index in [0.717, 1.165) is 5.56 Å². The van der Waals surface area contributed by atoms with Crippen LogP contribution in [0.1, 0.15) is 15.9 Å². The largest absolute Gasteiger partial charge is 0.497 e. The molecule has 6 nitrogen and oxygen atoms in total. The highest BCUT2D eigenvalue weighted by atomic mass is 35.5. The maximum absolute atomic E-state index is 12.5. The van der Waals surface area contributed by atoms with Gasteiger partial charge in [-0.15, -0.1) is 0 Å². The summed E-state index contributed by atoms with van der Waals surface area (Å²) in [5, 5.41) is 3.33. The summed E-state index contributed by atoms with van der Waals surface area (Å²) in [5.74, 6) is 0.303. The van der Waals surface area contributed by atoms with Crippen molar-refractivity contribution in [3.8, 4) is 5.75 Å². The topological polar surface area (TPSA) is 84.5 Å². The molecule has 0 saturated heterocycles. The third kappa shape index (κ3) is 5.28. The molecule has 0 fully saturated rings. The van der Waals surface area contributed by atoms with Crippen LogP contribution < -0.4 is 14.8 Å². The molecule has 0 unspecified atom stereocenters. The lowest BCUT2D eigenvalue weighted by atomic mass is 10.2. The molecule has 0 spiro atoms. The summed E-state index contributed by atoms with van der Waals surface area (Å²) in [7, 11) is -2.24. The fourth-order valence-electron chi connectivity index (χ4n) is 2.58. The molecule has 2 N–H and O–H groups in total. The standard InChI is InChI=1S/C21H19ClN2O4S/c1-28-18-10-8-17(9-11-18)24-29(26,27)19-12-6-15(7-13-19)21(25)23-14-16-4-2-3-5-20(16)22/h2-13,24H,14H2,1H3,(H,23,25). The summed E-state index contributed by atoms with van der Waals surface area (Å²) in [6, 6.07) is 19.4. The summed E-state index contributed by atoms with van der Waals surface area (Å²) in [4.78, 5) is 12.4. The number of carbonyl (C=O) groups excluding carboxylic acids is 1. The van der Waals surface area contributed by atoms with Crippen molar-refractivity contribution in [3.63, 3.8) is 0 Å². The van der Waals surface area contributed by atoms with Crippen molar-refractivity contribution < 1.29 is 17.9 Å². The van der Waals surface area contributed by atoms with Gasteiger partial charge in [-0.25, -0.2) is 8.42 Å². The van der Waals surface area contributed by atoms with Crippen molar-refractivity contribution in [3.05, 3.63) is 88.9 Å². The molecule has 3 rings (SSSR count). The van der Waals surface area contributed by atoms with Crippen molar-refractivity contribution in [2.75, 3.05) is 11.8 Å². The average Bonchev–Trinajstić information content (AvgIpc) is 2.73. The second-order valence-electron chi connectivity index (χ2n) is 6.13. The molecule has 0 aliphatic heterocycles. The van der Waals surface area contributed by atoms with Crippen molar-refractivity contribution in [1.29, 1.82) is 0 Å². The summed E-state index contributed by atoms with van der Waals surface area (Å²) in [6.45, 7) is 0.275. The van der Waals surface area contributed by atoms with E-state index in [1.807, 2.05) is 18.2 Å². The molecule has 150 valence electrons. The SMILES string of the molecule is COc1ccc(NS(=O)(=O)c2ccc(C(=O)NCc3ccccc3Cl)cc2)cc1. The molecule has 0 radical (unpaired) electrons. The highest BCUT2D eigenvalue weighted by Gasteiger charge is 2.15. The Labute approximate surface area is 174 Å². The Morgan fingerprint density at radius 3 is 2.24 bits per heavy atom. The van der Waals surface area contributed by atoms with E-state index in [0.29, 0.717) is 22.0 Å². The number of hydrogen-bond acceptors (Lipinski definition) is 4. The van der Waals surface area contributed by atoms with Gasteiger partial charge < -0.3 is 10.1 Å². The molecule has 1 amide bonds. The Kier molecular flexibility index (Phi) is 6.41. The van der Waals surface area contributed by atoms with Crippen LogP contribution in [-0.4, -0.2) is 21.4 Å². The van der Waals surface area contributed by atoms with Gasteiger partial charge in [0, 0.05) is 22.8 Å². The first-order valence-corrected chi connectivity index (χ1v) is 10.5.